The van der Waals surface area contributed by atoms with Gasteiger partial charge in [-0.15, -0.1) is 0 Å². The number of halogens is 1. The van der Waals surface area contributed by atoms with Crippen LogP contribution < -0.4 is 5.73 Å². The van der Waals surface area contributed by atoms with Gasteiger partial charge in [-0.05, 0) is 24.6 Å². The van der Waals surface area contributed by atoms with Crippen molar-refractivity contribution in [3.8, 4) is 6.07 Å². The first-order valence-corrected chi connectivity index (χ1v) is 4.14. The highest BCUT2D eigenvalue weighted by molar-refractivity contribution is 6.30. The first-order valence-electron chi connectivity index (χ1n) is 3.77. The zero-order chi connectivity index (χ0) is 9.84. The molecule has 2 nitrogen and oxygen atoms in total. The smallest absolute Gasteiger partial charge is 0.0933 e. The molecule has 1 rings (SSSR count). The summed E-state index contributed by atoms with van der Waals surface area (Å²) in [5.74, 6) is 0. The molecule has 0 spiro atoms. The van der Waals surface area contributed by atoms with Gasteiger partial charge in [-0.25, -0.2) is 0 Å². The fourth-order valence-electron chi connectivity index (χ4n) is 1.10. The summed E-state index contributed by atoms with van der Waals surface area (Å²) in [4.78, 5) is 0. The maximum absolute atomic E-state index is 8.41. The Labute approximate surface area is 82.2 Å². The van der Waals surface area contributed by atoms with E-state index in [-0.39, 0.29) is 0 Å². The average molecular weight is 193 g/mol. The summed E-state index contributed by atoms with van der Waals surface area (Å²) in [6.45, 7) is 1.90. The predicted octanol–water partition coefficient (Wildman–Crippen LogP) is 2.47. The minimum absolute atomic E-state index is 0.469. The molecule has 0 aliphatic rings. The molecule has 0 radical (unpaired) electrons. The highest BCUT2D eigenvalue weighted by atomic mass is 35.5. The Morgan fingerprint density at radius 2 is 2.31 bits per heavy atom. The van der Waals surface area contributed by atoms with Crippen molar-refractivity contribution in [2.45, 2.75) is 6.92 Å². The van der Waals surface area contributed by atoms with Gasteiger partial charge in [0.05, 0.1) is 6.07 Å². The monoisotopic (exact) mass is 192 g/mol. The molecule has 3 heteroatoms. The topological polar surface area (TPSA) is 49.8 Å². The molecule has 66 valence electrons. The SMILES string of the molecule is Cc1cc(Cl)ccc1/C(N)=C\C#N. The fourth-order valence-corrected chi connectivity index (χ4v) is 1.32. The lowest BCUT2D eigenvalue weighted by Crippen LogP contribution is -1.98. The number of aryl methyl sites for hydroxylation is 1. The molecule has 0 unspecified atom stereocenters. The van der Waals surface area contributed by atoms with E-state index in [0.29, 0.717) is 10.7 Å². The van der Waals surface area contributed by atoms with Gasteiger partial charge in [-0.1, -0.05) is 17.7 Å². The Morgan fingerprint density at radius 1 is 1.62 bits per heavy atom. The van der Waals surface area contributed by atoms with E-state index >= 15 is 0 Å². The van der Waals surface area contributed by atoms with E-state index in [4.69, 9.17) is 22.6 Å². The molecular weight excluding hydrogens is 184 g/mol. The van der Waals surface area contributed by atoms with E-state index < -0.39 is 0 Å². The summed E-state index contributed by atoms with van der Waals surface area (Å²) in [7, 11) is 0. The van der Waals surface area contributed by atoms with Crippen LogP contribution in [0, 0.1) is 18.3 Å². The van der Waals surface area contributed by atoms with Gasteiger partial charge in [0.2, 0.25) is 0 Å². The number of hydrogen-bond acceptors (Lipinski definition) is 2. The molecule has 0 atom stereocenters. The number of nitriles is 1. The maximum Gasteiger partial charge on any atom is 0.0933 e. The quantitative estimate of drug-likeness (QED) is 0.695. The fraction of sp³-hybridized carbons (Fsp3) is 0.100. The molecule has 1 aromatic rings. The Balaban J connectivity index is 3.18. The van der Waals surface area contributed by atoms with Crippen LogP contribution in [0.3, 0.4) is 0 Å². The minimum atomic E-state index is 0.469. The van der Waals surface area contributed by atoms with Crippen molar-refractivity contribution in [3.63, 3.8) is 0 Å². The second kappa shape index (κ2) is 3.97. The molecule has 1 aromatic carbocycles. The molecule has 0 fully saturated rings. The van der Waals surface area contributed by atoms with Crippen molar-refractivity contribution in [1.29, 1.82) is 5.26 Å². The van der Waals surface area contributed by atoms with Crippen molar-refractivity contribution in [2.24, 2.45) is 5.73 Å². The van der Waals surface area contributed by atoms with E-state index in [1.165, 1.54) is 6.08 Å². The van der Waals surface area contributed by atoms with Crippen molar-refractivity contribution < 1.29 is 0 Å². The number of nitrogens with two attached hydrogens (primary N) is 1. The van der Waals surface area contributed by atoms with Gasteiger partial charge in [-0.3, -0.25) is 0 Å². The third-order valence-electron chi connectivity index (χ3n) is 1.72. The summed E-state index contributed by atoms with van der Waals surface area (Å²) in [5, 5.41) is 9.08. The van der Waals surface area contributed by atoms with Gasteiger partial charge in [0, 0.05) is 22.4 Å². The highest BCUT2D eigenvalue weighted by Crippen LogP contribution is 2.18. The molecule has 0 saturated heterocycles. The number of rotatable bonds is 1. The van der Waals surface area contributed by atoms with E-state index in [0.717, 1.165) is 11.1 Å². The molecule has 13 heavy (non-hydrogen) atoms. The second-order valence-electron chi connectivity index (χ2n) is 2.69. The minimum Gasteiger partial charge on any atom is -0.398 e. The van der Waals surface area contributed by atoms with Crippen LogP contribution in [-0.4, -0.2) is 0 Å². The predicted molar refractivity (Wildman–Crippen MR) is 54.0 cm³/mol. The van der Waals surface area contributed by atoms with Gasteiger partial charge in [0.1, 0.15) is 0 Å². The summed E-state index contributed by atoms with van der Waals surface area (Å²) < 4.78 is 0. The van der Waals surface area contributed by atoms with Gasteiger partial charge in [-0.2, -0.15) is 5.26 Å². The highest BCUT2D eigenvalue weighted by Gasteiger charge is 2.00. The molecule has 0 aliphatic heterocycles. The van der Waals surface area contributed by atoms with Crippen LogP contribution in [0.5, 0.6) is 0 Å². The third kappa shape index (κ3) is 2.24. The molecule has 0 heterocycles. The first-order chi connectivity index (χ1) is 6.15. The Morgan fingerprint density at radius 3 is 2.85 bits per heavy atom. The standard InChI is InChI=1S/C10H9ClN2/c1-7-6-8(11)2-3-9(7)10(13)4-5-12/h2-4,6H,13H2,1H3/b10-4+. The summed E-state index contributed by atoms with van der Waals surface area (Å²) in [6.07, 6.45) is 1.32. The number of allylic oxidation sites excluding steroid dienone is 1. The third-order valence-corrected chi connectivity index (χ3v) is 1.95. The van der Waals surface area contributed by atoms with Gasteiger partial charge in [0.25, 0.3) is 0 Å². The van der Waals surface area contributed by atoms with Crippen molar-refractivity contribution in [3.05, 3.63) is 40.4 Å². The van der Waals surface area contributed by atoms with Crippen LogP contribution in [0.4, 0.5) is 0 Å². The zero-order valence-electron chi connectivity index (χ0n) is 7.21. The summed E-state index contributed by atoms with van der Waals surface area (Å²) in [6, 6.07) is 7.26. The number of hydrogen-bond donors (Lipinski definition) is 1. The van der Waals surface area contributed by atoms with Gasteiger partial charge >= 0.3 is 0 Å². The summed E-state index contributed by atoms with van der Waals surface area (Å²) in [5.41, 5.74) is 7.94. The molecule has 0 amide bonds. The molecule has 2 N–H and O–H groups in total. The van der Waals surface area contributed by atoms with Crippen LogP contribution >= 0.6 is 11.6 Å². The van der Waals surface area contributed by atoms with Crippen LogP contribution in [0.15, 0.2) is 24.3 Å². The van der Waals surface area contributed by atoms with E-state index in [2.05, 4.69) is 0 Å². The Kier molecular flexibility index (Phi) is 2.94. The lowest BCUT2D eigenvalue weighted by molar-refractivity contribution is 1.39. The van der Waals surface area contributed by atoms with Crippen LogP contribution in [0.1, 0.15) is 11.1 Å². The molecular formula is C10H9ClN2. The van der Waals surface area contributed by atoms with Gasteiger partial charge in [0.15, 0.2) is 0 Å². The maximum atomic E-state index is 8.41. The Bertz CT molecular complexity index is 388. The van der Waals surface area contributed by atoms with E-state index in [1.807, 2.05) is 19.1 Å². The largest absolute Gasteiger partial charge is 0.398 e. The summed E-state index contributed by atoms with van der Waals surface area (Å²) >= 11 is 5.77. The average Bonchev–Trinajstić information content (AvgIpc) is 2.04. The molecule has 0 aromatic heterocycles. The lowest BCUT2D eigenvalue weighted by atomic mass is 10.1. The normalized spacial score (nSPS) is 11.0. The van der Waals surface area contributed by atoms with Gasteiger partial charge < -0.3 is 5.73 Å². The lowest BCUT2D eigenvalue weighted by Gasteiger charge is -2.04. The zero-order valence-corrected chi connectivity index (χ0v) is 7.97. The molecule has 0 bridgehead atoms. The van der Waals surface area contributed by atoms with Crippen LogP contribution in [0.25, 0.3) is 5.70 Å². The molecule has 0 aliphatic carbocycles. The van der Waals surface area contributed by atoms with Crippen LogP contribution in [0.2, 0.25) is 5.02 Å². The van der Waals surface area contributed by atoms with Crippen molar-refractivity contribution in [1.82, 2.24) is 0 Å². The van der Waals surface area contributed by atoms with E-state index in [1.54, 1.807) is 12.1 Å². The number of nitrogens with zero attached hydrogens (tertiary/aromatic N) is 1. The second-order valence-corrected chi connectivity index (χ2v) is 3.12. The van der Waals surface area contributed by atoms with E-state index in [9.17, 15) is 0 Å². The first kappa shape index (κ1) is 9.63. The Hall–Kier alpha value is -1.46. The van der Waals surface area contributed by atoms with Crippen molar-refractivity contribution >= 4 is 17.3 Å². The number of benzene rings is 1. The van der Waals surface area contributed by atoms with Crippen LogP contribution in [-0.2, 0) is 0 Å². The molecule has 0 saturated carbocycles. The van der Waals surface area contributed by atoms with Crippen molar-refractivity contribution in [2.75, 3.05) is 0 Å².